The van der Waals surface area contributed by atoms with Gasteiger partial charge in [-0.3, -0.25) is 9.89 Å². The van der Waals surface area contributed by atoms with Gasteiger partial charge < -0.3 is 20.3 Å². The van der Waals surface area contributed by atoms with E-state index in [1.807, 2.05) is 12.1 Å². The molecule has 1 aliphatic heterocycles. The number of halogens is 2. The van der Waals surface area contributed by atoms with Gasteiger partial charge in [0.05, 0.1) is 19.3 Å². The Bertz CT molecular complexity index is 633. The lowest BCUT2D eigenvalue weighted by Gasteiger charge is -2.35. The molecule has 2 fully saturated rings. The maximum atomic E-state index is 13.4. The molecule has 1 aromatic carbocycles. The van der Waals surface area contributed by atoms with Crippen molar-refractivity contribution in [2.24, 2.45) is 4.99 Å². The average molecular weight is 533 g/mol. The number of aliphatic imine (C=N–C) groups is 1. The van der Waals surface area contributed by atoms with Crippen LogP contribution in [0.2, 0.25) is 0 Å². The van der Waals surface area contributed by atoms with E-state index in [2.05, 4.69) is 32.5 Å². The van der Waals surface area contributed by atoms with Crippen LogP contribution in [0.1, 0.15) is 37.3 Å². The van der Waals surface area contributed by atoms with Crippen molar-refractivity contribution >= 4 is 29.9 Å². The van der Waals surface area contributed by atoms with Gasteiger partial charge in [0.2, 0.25) is 0 Å². The first-order chi connectivity index (χ1) is 14.2. The smallest absolute Gasteiger partial charge is 0.191 e. The number of ether oxygens (including phenoxy) is 1. The number of rotatable bonds is 8. The van der Waals surface area contributed by atoms with Crippen LogP contribution in [-0.2, 0) is 4.74 Å². The summed E-state index contributed by atoms with van der Waals surface area (Å²) in [5.41, 5.74) is 1.11. The van der Waals surface area contributed by atoms with E-state index in [4.69, 9.17) is 4.74 Å². The second kappa shape index (κ2) is 13.4. The molecule has 1 aliphatic carbocycles. The molecule has 1 heterocycles. The zero-order valence-electron chi connectivity index (χ0n) is 18.3. The van der Waals surface area contributed by atoms with Gasteiger partial charge in [0.25, 0.3) is 0 Å². The van der Waals surface area contributed by atoms with Gasteiger partial charge in [-0.1, -0.05) is 25.0 Å². The van der Waals surface area contributed by atoms with E-state index in [1.54, 1.807) is 7.05 Å². The lowest BCUT2D eigenvalue weighted by atomic mass is 10.0. The van der Waals surface area contributed by atoms with Crippen LogP contribution in [0.5, 0.6) is 0 Å². The predicted octanol–water partition coefficient (Wildman–Crippen LogP) is 2.86. The molecule has 3 rings (SSSR count). The van der Waals surface area contributed by atoms with Crippen molar-refractivity contribution in [3.05, 3.63) is 35.6 Å². The minimum atomic E-state index is -0.203. The molecular weight excluding hydrogens is 496 g/mol. The highest BCUT2D eigenvalue weighted by Crippen LogP contribution is 2.22. The maximum absolute atomic E-state index is 13.4. The van der Waals surface area contributed by atoms with Crippen molar-refractivity contribution in [1.29, 1.82) is 0 Å². The second-order valence-corrected chi connectivity index (χ2v) is 8.01. The average Bonchev–Trinajstić information content (AvgIpc) is 3.29. The minimum absolute atomic E-state index is 0. The molecule has 30 heavy (non-hydrogen) atoms. The molecule has 0 bridgehead atoms. The zero-order valence-corrected chi connectivity index (χ0v) is 20.6. The third kappa shape index (κ3) is 7.62. The van der Waals surface area contributed by atoms with Crippen LogP contribution in [0.3, 0.4) is 0 Å². The highest BCUT2D eigenvalue weighted by molar-refractivity contribution is 14.0. The number of nitrogens with zero attached hydrogens (tertiary/aromatic N) is 3. The summed E-state index contributed by atoms with van der Waals surface area (Å²) in [5.74, 6) is 0.608. The van der Waals surface area contributed by atoms with Crippen LogP contribution in [-0.4, -0.2) is 81.8 Å². The Labute approximate surface area is 197 Å². The Morgan fingerprint density at radius 3 is 2.50 bits per heavy atom. The molecule has 0 aromatic heterocycles. The molecule has 170 valence electrons. The third-order valence-electron chi connectivity index (χ3n) is 6.13. The predicted molar refractivity (Wildman–Crippen MR) is 131 cm³/mol. The lowest BCUT2D eigenvalue weighted by molar-refractivity contribution is 0.0170. The molecular formula is C22H37FIN5O. The summed E-state index contributed by atoms with van der Waals surface area (Å²) >= 11 is 0. The molecule has 0 spiro atoms. The molecule has 1 saturated carbocycles. The molecule has 6 nitrogen and oxygen atoms in total. The summed E-state index contributed by atoms with van der Waals surface area (Å²) in [7, 11) is 4.02. The van der Waals surface area contributed by atoms with Crippen molar-refractivity contribution in [1.82, 2.24) is 20.4 Å². The topological polar surface area (TPSA) is 52.1 Å². The van der Waals surface area contributed by atoms with E-state index in [1.165, 1.54) is 37.8 Å². The van der Waals surface area contributed by atoms with Gasteiger partial charge in [0, 0.05) is 45.8 Å². The zero-order chi connectivity index (χ0) is 20.5. The summed E-state index contributed by atoms with van der Waals surface area (Å²) < 4.78 is 18.9. The molecule has 0 radical (unpaired) electrons. The number of benzene rings is 1. The highest BCUT2D eigenvalue weighted by atomic mass is 127. The lowest BCUT2D eigenvalue weighted by Crippen LogP contribution is -2.47. The van der Waals surface area contributed by atoms with Crippen molar-refractivity contribution in [2.45, 2.75) is 37.8 Å². The van der Waals surface area contributed by atoms with Gasteiger partial charge >= 0.3 is 0 Å². The summed E-state index contributed by atoms with van der Waals surface area (Å²) in [4.78, 5) is 9.23. The Morgan fingerprint density at radius 2 is 1.87 bits per heavy atom. The molecule has 1 atom stereocenters. The number of hydrogen-bond acceptors (Lipinski definition) is 4. The molecule has 2 N–H and O–H groups in total. The molecule has 8 heteroatoms. The standard InChI is InChI=1S/C22H36FN5O.HI/c1-24-22(25-11-12-27(2)20-5-3-4-6-20)26-17-21(28-13-15-29-16-14-28)18-7-9-19(23)10-8-18;/h7-10,20-21H,3-6,11-17H2,1-2H3,(H2,24,25,26);1H. The van der Waals surface area contributed by atoms with Gasteiger partial charge in [0.1, 0.15) is 5.82 Å². The van der Waals surface area contributed by atoms with Crippen LogP contribution in [0.25, 0.3) is 0 Å². The van der Waals surface area contributed by atoms with Gasteiger partial charge in [-0.2, -0.15) is 0 Å². The number of likely N-dealkylation sites (N-methyl/N-ethyl adjacent to an activating group) is 1. The summed E-state index contributed by atoms with van der Waals surface area (Å²) in [6.45, 7) is 5.81. The van der Waals surface area contributed by atoms with E-state index >= 15 is 0 Å². The van der Waals surface area contributed by atoms with Crippen molar-refractivity contribution in [3.63, 3.8) is 0 Å². The Kier molecular flexibility index (Phi) is 11.3. The quantitative estimate of drug-likeness (QED) is 0.306. The first-order valence-electron chi connectivity index (χ1n) is 10.9. The normalized spacial score (nSPS) is 19.5. The second-order valence-electron chi connectivity index (χ2n) is 8.01. The van der Waals surface area contributed by atoms with Crippen LogP contribution in [0.15, 0.2) is 29.3 Å². The summed E-state index contributed by atoms with van der Waals surface area (Å²) in [5, 5.41) is 6.90. The Hall–Kier alpha value is -0.970. The fourth-order valence-corrected chi connectivity index (χ4v) is 4.32. The number of hydrogen-bond donors (Lipinski definition) is 2. The molecule has 0 amide bonds. The van der Waals surface area contributed by atoms with E-state index in [-0.39, 0.29) is 35.8 Å². The fourth-order valence-electron chi connectivity index (χ4n) is 4.32. The Balaban J connectivity index is 0.00000320. The largest absolute Gasteiger partial charge is 0.379 e. The van der Waals surface area contributed by atoms with Gasteiger partial charge in [-0.15, -0.1) is 24.0 Å². The third-order valence-corrected chi connectivity index (χ3v) is 6.13. The van der Waals surface area contributed by atoms with Crippen molar-refractivity contribution in [3.8, 4) is 0 Å². The SMILES string of the molecule is CN=C(NCCN(C)C1CCCC1)NCC(c1ccc(F)cc1)N1CCOCC1.I. The van der Waals surface area contributed by atoms with Crippen molar-refractivity contribution < 1.29 is 9.13 Å². The van der Waals surface area contributed by atoms with E-state index in [0.29, 0.717) is 6.54 Å². The summed E-state index contributed by atoms with van der Waals surface area (Å²) in [6, 6.07) is 7.71. The monoisotopic (exact) mass is 533 g/mol. The van der Waals surface area contributed by atoms with Gasteiger partial charge in [-0.05, 0) is 37.6 Å². The minimum Gasteiger partial charge on any atom is -0.379 e. The maximum Gasteiger partial charge on any atom is 0.191 e. The van der Waals surface area contributed by atoms with Gasteiger partial charge in [0.15, 0.2) is 5.96 Å². The van der Waals surface area contributed by atoms with Crippen LogP contribution in [0, 0.1) is 5.82 Å². The number of morpholine rings is 1. The van der Waals surface area contributed by atoms with E-state index < -0.39 is 0 Å². The fraction of sp³-hybridized carbons (Fsp3) is 0.682. The van der Waals surface area contributed by atoms with Crippen molar-refractivity contribution in [2.75, 3.05) is 60.0 Å². The molecule has 2 aliphatic rings. The number of nitrogens with one attached hydrogen (secondary N) is 2. The highest BCUT2D eigenvalue weighted by Gasteiger charge is 2.23. The van der Waals surface area contributed by atoms with E-state index in [0.717, 1.165) is 57.0 Å². The van der Waals surface area contributed by atoms with Crippen LogP contribution in [0.4, 0.5) is 4.39 Å². The van der Waals surface area contributed by atoms with Gasteiger partial charge in [-0.25, -0.2) is 4.39 Å². The summed E-state index contributed by atoms with van der Waals surface area (Å²) in [6.07, 6.45) is 5.36. The first kappa shape index (κ1) is 25.3. The molecule has 1 aromatic rings. The van der Waals surface area contributed by atoms with E-state index in [9.17, 15) is 4.39 Å². The molecule has 1 unspecified atom stereocenters. The Morgan fingerprint density at radius 1 is 1.20 bits per heavy atom. The molecule has 1 saturated heterocycles. The first-order valence-corrected chi connectivity index (χ1v) is 10.9. The van der Waals surface area contributed by atoms with Crippen LogP contribution >= 0.6 is 24.0 Å². The van der Waals surface area contributed by atoms with Crippen LogP contribution < -0.4 is 10.6 Å². The number of guanidine groups is 1.